The largest absolute Gasteiger partial charge is 0.697 e. The van der Waals surface area contributed by atoms with Crippen molar-refractivity contribution in [3.63, 3.8) is 0 Å². The molecule has 144 valence electrons. The zero-order chi connectivity index (χ0) is 18.5. The van der Waals surface area contributed by atoms with Crippen molar-refractivity contribution >= 4 is 31.5 Å². The summed E-state index contributed by atoms with van der Waals surface area (Å²) < 4.78 is 33.7. The van der Waals surface area contributed by atoms with Gasteiger partial charge in [-0.2, -0.15) is 0 Å². The molecule has 0 heterocycles. The fourth-order valence-electron chi connectivity index (χ4n) is 2.64. The van der Waals surface area contributed by atoms with E-state index in [4.69, 9.17) is 41.7 Å². The van der Waals surface area contributed by atoms with Crippen molar-refractivity contribution in [1.82, 2.24) is 0 Å². The predicted molar refractivity (Wildman–Crippen MR) is 99.0 cm³/mol. The molecule has 0 atom stereocenters. The van der Waals surface area contributed by atoms with Gasteiger partial charge in [0.15, 0.2) is 0 Å². The molecule has 0 aliphatic rings. The molecule has 24 heavy (non-hydrogen) atoms. The highest BCUT2D eigenvalue weighted by atomic mass is 35.5. The maximum atomic E-state index is 11.9. The molecule has 0 radical (unpaired) electrons. The van der Waals surface area contributed by atoms with Crippen molar-refractivity contribution in [2.24, 2.45) is 0 Å². The standard InChI is InChI=1S/C16H32Cl2O5P/c1-5-15(6-2,20-13-17)9-11-22-24(19)23-12-10-16(7-3,8-4)21-14-18/h5-14H2,1-4H3/q+1. The highest BCUT2D eigenvalue weighted by Crippen LogP contribution is 2.31. The molecule has 0 amide bonds. The summed E-state index contributed by atoms with van der Waals surface area (Å²) in [5.41, 5.74) is -0.655. The van der Waals surface area contributed by atoms with E-state index < -0.39 is 8.25 Å². The number of ether oxygens (including phenoxy) is 2. The van der Waals surface area contributed by atoms with Gasteiger partial charge in [-0.25, -0.2) is 0 Å². The van der Waals surface area contributed by atoms with E-state index in [-0.39, 0.29) is 23.3 Å². The van der Waals surface area contributed by atoms with Crippen LogP contribution in [0.4, 0.5) is 0 Å². The van der Waals surface area contributed by atoms with E-state index in [2.05, 4.69) is 0 Å². The molecule has 0 unspecified atom stereocenters. The lowest BCUT2D eigenvalue weighted by atomic mass is 9.94. The molecule has 5 nitrogen and oxygen atoms in total. The van der Waals surface area contributed by atoms with Crippen LogP contribution in [-0.2, 0) is 23.1 Å². The molecule has 0 fully saturated rings. The molecule has 0 N–H and O–H groups in total. The van der Waals surface area contributed by atoms with Gasteiger partial charge in [-0.3, -0.25) is 0 Å². The average Bonchev–Trinajstić information content (AvgIpc) is 2.60. The van der Waals surface area contributed by atoms with E-state index >= 15 is 0 Å². The van der Waals surface area contributed by atoms with Gasteiger partial charge >= 0.3 is 8.25 Å². The van der Waals surface area contributed by atoms with E-state index in [1.807, 2.05) is 27.7 Å². The highest BCUT2D eigenvalue weighted by Gasteiger charge is 2.31. The van der Waals surface area contributed by atoms with Crippen molar-refractivity contribution in [3.8, 4) is 0 Å². The SMILES string of the molecule is CCC(CC)(CCO[P+](=O)OCCC(CC)(CC)OCCl)OCCl. The topological polar surface area (TPSA) is 54.0 Å². The molecule has 0 aliphatic heterocycles. The fraction of sp³-hybridized carbons (Fsp3) is 1.00. The van der Waals surface area contributed by atoms with Crippen LogP contribution < -0.4 is 0 Å². The van der Waals surface area contributed by atoms with Gasteiger partial charge in [0.25, 0.3) is 0 Å². The number of hydrogen-bond acceptors (Lipinski definition) is 5. The first kappa shape index (κ1) is 24.5. The Morgan fingerprint density at radius 1 is 0.750 bits per heavy atom. The summed E-state index contributed by atoms with van der Waals surface area (Å²) in [5.74, 6) is 0. The summed E-state index contributed by atoms with van der Waals surface area (Å²) in [6.45, 7) is 8.77. The van der Waals surface area contributed by atoms with Crippen molar-refractivity contribution in [2.75, 3.05) is 25.3 Å². The van der Waals surface area contributed by atoms with Gasteiger partial charge in [0.1, 0.15) is 25.3 Å². The lowest BCUT2D eigenvalue weighted by Gasteiger charge is -2.30. The third kappa shape index (κ3) is 8.75. The van der Waals surface area contributed by atoms with Crippen LogP contribution in [0.2, 0.25) is 0 Å². The monoisotopic (exact) mass is 405 g/mol. The minimum atomic E-state index is -2.15. The summed E-state index contributed by atoms with van der Waals surface area (Å²) in [5, 5.41) is 0. The summed E-state index contributed by atoms with van der Waals surface area (Å²) in [6, 6.07) is 0.280. The molecule has 0 rings (SSSR count). The van der Waals surface area contributed by atoms with Crippen LogP contribution >= 0.6 is 31.5 Å². The molecule has 0 spiro atoms. The smallest absolute Gasteiger partial charge is 0.359 e. The van der Waals surface area contributed by atoms with Crippen molar-refractivity contribution < 1.29 is 23.1 Å². The quantitative estimate of drug-likeness (QED) is 0.232. The summed E-state index contributed by atoms with van der Waals surface area (Å²) in [6.07, 6.45) is 4.54. The second-order valence-corrected chi connectivity index (χ2v) is 7.08. The maximum Gasteiger partial charge on any atom is 0.697 e. The number of hydrogen-bond donors (Lipinski definition) is 0. The van der Waals surface area contributed by atoms with E-state index in [9.17, 15) is 4.57 Å². The average molecular weight is 406 g/mol. The summed E-state index contributed by atoms with van der Waals surface area (Å²) in [4.78, 5) is 0. The van der Waals surface area contributed by atoms with Crippen LogP contribution in [-0.4, -0.2) is 36.5 Å². The van der Waals surface area contributed by atoms with Gasteiger partial charge in [-0.15, -0.1) is 9.05 Å². The van der Waals surface area contributed by atoms with E-state index in [1.54, 1.807) is 0 Å². The molecule has 0 aliphatic carbocycles. The van der Waals surface area contributed by atoms with Crippen LogP contribution in [0.25, 0.3) is 0 Å². The number of halogens is 2. The lowest BCUT2D eigenvalue weighted by molar-refractivity contribution is -0.0458. The first-order chi connectivity index (χ1) is 11.5. The highest BCUT2D eigenvalue weighted by molar-refractivity contribution is 7.33. The van der Waals surface area contributed by atoms with E-state index in [1.165, 1.54) is 0 Å². The number of alkyl halides is 2. The van der Waals surface area contributed by atoms with E-state index in [0.29, 0.717) is 26.1 Å². The van der Waals surface area contributed by atoms with Crippen LogP contribution in [0.15, 0.2) is 0 Å². The van der Waals surface area contributed by atoms with Crippen LogP contribution in [0.5, 0.6) is 0 Å². The molecule has 0 bridgehead atoms. The minimum Gasteiger partial charge on any atom is -0.359 e. The van der Waals surface area contributed by atoms with Crippen LogP contribution in [0.3, 0.4) is 0 Å². The molecule has 0 saturated carbocycles. The van der Waals surface area contributed by atoms with Crippen molar-refractivity contribution in [1.29, 1.82) is 0 Å². The Labute approximate surface area is 157 Å². The van der Waals surface area contributed by atoms with Gasteiger partial charge in [-0.05, 0) is 25.7 Å². The second kappa shape index (κ2) is 13.7. The molecule has 0 aromatic heterocycles. The zero-order valence-corrected chi connectivity index (χ0v) is 17.7. The van der Waals surface area contributed by atoms with Crippen LogP contribution in [0.1, 0.15) is 66.2 Å². The molecular weight excluding hydrogens is 374 g/mol. The van der Waals surface area contributed by atoms with Gasteiger partial charge in [-0.1, -0.05) is 50.9 Å². The third-order valence-corrected chi connectivity index (χ3v) is 5.81. The molecule has 0 saturated heterocycles. The van der Waals surface area contributed by atoms with E-state index in [0.717, 1.165) is 25.7 Å². The minimum absolute atomic E-state index is 0.140. The Kier molecular flexibility index (Phi) is 14.0. The first-order valence-corrected chi connectivity index (χ1v) is 10.8. The summed E-state index contributed by atoms with van der Waals surface area (Å²) >= 11 is 11.4. The first-order valence-electron chi connectivity index (χ1n) is 8.59. The molecular formula is C16H32Cl2O5P+. The second-order valence-electron chi connectivity index (χ2n) is 5.68. The van der Waals surface area contributed by atoms with Crippen LogP contribution in [0, 0.1) is 0 Å². The Morgan fingerprint density at radius 2 is 1.08 bits per heavy atom. The lowest BCUT2D eigenvalue weighted by Crippen LogP contribution is -2.32. The molecule has 0 aromatic carbocycles. The number of rotatable bonds is 16. The van der Waals surface area contributed by atoms with Gasteiger partial charge in [0, 0.05) is 17.4 Å². The zero-order valence-electron chi connectivity index (χ0n) is 15.3. The Balaban J connectivity index is 4.18. The Bertz CT molecular complexity index is 306. The normalized spacial score (nSPS) is 12.6. The van der Waals surface area contributed by atoms with Crippen molar-refractivity contribution in [3.05, 3.63) is 0 Å². The predicted octanol–water partition coefficient (Wildman–Crippen LogP) is 6.00. The fourth-order valence-corrected chi connectivity index (χ4v) is 3.66. The van der Waals surface area contributed by atoms with Gasteiger partial charge in [0.2, 0.25) is 0 Å². The maximum absolute atomic E-state index is 11.9. The Hall–Kier alpha value is 0.520. The summed E-state index contributed by atoms with van der Waals surface area (Å²) in [7, 11) is -2.15. The van der Waals surface area contributed by atoms with Gasteiger partial charge < -0.3 is 9.47 Å². The molecule has 8 heteroatoms. The Morgan fingerprint density at radius 3 is 1.33 bits per heavy atom. The van der Waals surface area contributed by atoms with Gasteiger partial charge in [0.05, 0.1) is 11.2 Å². The molecule has 0 aromatic rings. The third-order valence-electron chi connectivity index (χ3n) is 4.81. The van der Waals surface area contributed by atoms with Crippen molar-refractivity contribution in [2.45, 2.75) is 77.4 Å².